The molecule has 0 radical (unpaired) electrons. The van der Waals surface area contributed by atoms with Crippen molar-refractivity contribution in [2.75, 3.05) is 13.1 Å². The maximum Gasteiger partial charge on any atom is 0.123 e. The summed E-state index contributed by atoms with van der Waals surface area (Å²) in [5.74, 6) is 2.48. The van der Waals surface area contributed by atoms with Crippen LogP contribution in [0, 0.1) is 17.7 Å². The highest BCUT2D eigenvalue weighted by Gasteiger charge is 2.24. The molecule has 0 aromatic heterocycles. The van der Waals surface area contributed by atoms with Gasteiger partial charge < -0.3 is 10.1 Å². The maximum atomic E-state index is 13.2. The molecule has 0 saturated heterocycles. The summed E-state index contributed by atoms with van der Waals surface area (Å²) in [7, 11) is 0. The molecular weight excluding hydrogens is 265 g/mol. The Labute approximate surface area is 127 Å². The summed E-state index contributed by atoms with van der Waals surface area (Å²) in [4.78, 5) is 0. The van der Waals surface area contributed by atoms with E-state index in [1.807, 2.05) is 0 Å². The molecule has 2 nitrogen and oxygen atoms in total. The van der Waals surface area contributed by atoms with Gasteiger partial charge in [-0.05, 0) is 49.4 Å². The van der Waals surface area contributed by atoms with E-state index in [4.69, 9.17) is 4.74 Å². The summed E-state index contributed by atoms with van der Waals surface area (Å²) < 4.78 is 19.0. The van der Waals surface area contributed by atoms with Crippen molar-refractivity contribution in [1.82, 2.24) is 5.32 Å². The first-order valence-electron chi connectivity index (χ1n) is 8.40. The number of halogens is 1. The van der Waals surface area contributed by atoms with E-state index in [1.54, 1.807) is 12.1 Å². The lowest BCUT2D eigenvalue weighted by Gasteiger charge is -2.28. The van der Waals surface area contributed by atoms with Crippen LogP contribution in [0.2, 0.25) is 0 Å². The average molecular weight is 291 g/mol. The van der Waals surface area contributed by atoms with Gasteiger partial charge in [0.1, 0.15) is 17.7 Å². The van der Waals surface area contributed by atoms with Crippen LogP contribution in [0.4, 0.5) is 4.39 Å². The van der Waals surface area contributed by atoms with Crippen molar-refractivity contribution in [1.29, 1.82) is 0 Å². The van der Waals surface area contributed by atoms with E-state index in [2.05, 4.69) is 12.2 Å². The third-order valence-electron chi connectivity index (χ3n) is 5.11. The van der Waals surface area contributed by atoms with E-state index in [-0.39, 0.29) is 11.9 Å². The number of fused-ring (bicyclic) bond motifs is 1. The first kappa shape index (κ1) is 14.8. The van der Waals surface area contributed by atoms with Gasteiger partial charge in [0.2, 0.25) is 0 Å². The fourth-order valence-corrected chi connectivity index (χ4v) is 3.70. The zero-order chi connectivity index (χ0) is 14.7. The summed E-state index contributed by atoms with van der Waals surface area (Å²) in [6.07, 6.45) is 7.84. The lowest BCUT2D eigenvalue weighted by Crippen LogP contribution is -2.34. The van der Waals surface area contributed by atoms with Gasteiger partial charge in [-0.2, -0.15) is 0 Å². The third kappa shape index (κ3) is 3.76. The molecule has 0 spiro atoms. The topological polar surface area (TPSA) is 21.3 Å². The molecule has 1 aliphatic carbocycles. The van der Waals surface area contributed by atoms with Crippen molar-refractivity contribution < 1.29 is 9.13 Å². The molecule has 1 N–H and O–H groups in total. The Balaban J connectivity index is 1.38. The SMILES string of the molecule is CCC1CCC(CNCC2Cc3cc(F)ccc3O2)CC1. The van der Waals surface area contributed by atoms with E-state index in [0.717, 1.165) is 42.7 Å². The zero-order valence-corrected chi connectivity index (χ0v) is 12.9. The van der Waals surface area contributed by atoms with Crippen molar-refractivity contribution in [3.63, 3.8) is 0 Å². The van der Waals surface area contributed by atoms with Crippen LogP contribution < -0.4 is 10.1 Å². The van der Waals surface area contributed by atoms with Crippen LogP contribution in [0.1, 0.15) is 44.6 Å². The third-order valence-corrected chi connectivity index (χ3v) is 5.11. The zero-order valence-electron chi connectivity index (χ0n) is 12.9. The fourth-order valence-electron chi connectivity index (χ4n) is 3.70. The molecule has 1 aromatic rings. The van der Waals surface area contributed by atoms with Crippen LogP contribution in [-0.4, -0.2) is 19.2 Å². The number of ether oxygens (including phenoxy) is 1. The first-order valence-corrected chi connectivity index (χ1v) is 8.40. The molecule has 2 aliphatic rings. The smallest absolute Gasteiger partial charge is 0.123 e. The fraction of sp³-hybridized carbons (Fsp3) is 0.667. The first-order chi connectivity index (χ1) is 10.2. The van der Waals surface area contributed by atoms with Crippen LogP contribution in [0.15, 0.2) is 18.2 Å². The summed E-state index contributed by atoms with van der Waals surface area (Å²) in [5.41, 5.74) is 1.00. The Morgan fingerprint density at radius 3 is 2.67 bits per heavy atom. The van der Waals surface area contributed by atoms with Gasteiger partial charge in [-0.25, -0.2) is 4.39 Å². The predicted octanol–water partition coefficient (Wildman–Crippen LogP) is 3.94. The van der Waals surface area contributed by atoms with Gasteiger partial charge in [0.15, 0.2) is 0 Å². The Hall–Kier alpha value is -1.09. The molecule has 1 aromatic carbocycles. The molecule has 1 fully saturated rings. The molecule has 0 amide bonds. The largest absolute Gasteiger partial charge is 0.488 e. The minimum Gasteiger partial charge on any atom is -0.488 e. The minimum atomic E-state index is -0.168. The molecule has 116 valence electrons. The molecule has 1 saturated carbocycles. The van der Waals surface area contributed by atoms with Crippen LogP contribution in [0.5, 0.6) is 5.75 Å². The van der Waals surface area contributed by atoms with E-state index in [0.29, 0.717) is 0 Å². The van der Waals surface area contributed by atoms with Crippen molar-refractivity contribution in [2.45, 2.75) is 51.6 Å². The normalized spacial score (nSPS) is 28.2. The van der Waals surface area contributed by atoms with Gasteiger partial charge in [0.25, 0.3) is 0 Å². The summed E-state index contributed by atoms with van der Waals surface area (Å²) in [6.45, 7) is 4.27. The van der Waals surface area contributed by atoms with Gasteiger partial charge in [-0.15, -0.1) is 0 Å². The summed E-state index contributed by atoms with van der Waals surface area (Å²) in [5, 5.41) is 3.56. The van der Waals surface area contributed by atoms with E-state index < -0.39 is 0 Å². The van der Waals surface area contributed by atoms with Crippen molar-refractivity contribution in [3.8, 4) is 5.75 Å². The highest BCUT2D eigenvalue weighted by molar-refractivity contribution is 5.37. The quantitative estimate of drug-likeness (QED) is 0.887. The van der Waals surface area contributed by atoms with Gasteiger partial charge in [-0.3, -0.25) is 0 Å². The molecule has 1 heterocycles. The maximum absolute atomic E-state index is 13.2. The molecule has 0 bridgehead atoms. The van der Waals surface area contributed by atoms with Crippen molar-refractivity contribution >= 4 is 0 Å². The van der Waals surface area contributed by atoms with Crippen LogP contribution >= 0.6 is 0 Å². The van der Waals surface area contributed by atoms with Crippen LogP contribution in [0.25, 0.3) is 0 Å². The van der Waals surface area contributed by atoms with E-state index in [9.17, 15) is 4.39 Å². The average Bonchev–Trinajstić information content (AvgIpc) is 2.89. The Kier molecular flexibility index (Phi) is 4.79. The lowest BCUT2D eigenvalue weighted by atomic mass is 9.81. The monoisotopic (exact) mass is 291 g/mol. The van der Waals surface area contributed by atoms with Gasteiger partial charge in [0, 0.05) is 18.5 Å². The highest BCUT2D eigenvalue weighted by atomic mass is 19.1. The van der Waals surface area contributed by atoms with E-state index in [1.165, 1.54) is 38.2 Å². The number of hydrogen-bond donors (Lipinski definition) is 1. The lowest BCUT2D eigenvalue weighted by molar-refractivity contribution is 0.214. The Morgan fingerprint density at radius 2 is 1.90 bits per heavy atom. The summed E-state index contributed by atoms with van der Waals surface area (Å²) >= 11 is 0. The van der Waals surface area contributed by atoms with Crippen LogP contribution in [-0.2, 0) is 6.42 Å². The molecule has 3 rings (SSSR count). The predicted molar refractivity (Wildman–Crippen MR) is 83.1 cm³/mol. The Bertz CT molecular complexity index is 468. The van der Waals surface area contributed by atoms with Gasteiger partial charge in [-0.1, -0.05) is 26.2 Å². The molecule has 3 heteroatoms. The molecular formula is C18H26FNO. The molecule has 1 unspecified atom stereocenters. The second-order valence-corrected chi connectivity index (χ2v) is 6.65. The standard InChI is InChI=1S/C18H26FNO/c1-2-13-3-5-14(6-4-13)11-20-12-17-10-15-9-16(19)7-8-18(15)21-17/h7-9,13-14,17,20H,2-6,10-12H2,1H3. The molecule has 21 heavy (non-hydrogen) atoms. The highest BCUT2D eigenvalue weighted by Crippen LogP contribution is 2.31. The number of hydrogen-bond acceptors (Lipinski definition) is 2. The van der Waals surface area contributed by atoms with Gasteiger partial charge >= 0.3 is 0 Å². The van der Waals surface area contributed by atoms with Crippen LogP contribution in [0.3, 0.4) is 0 Å². The Morgan fingerprint density at radius 1 is 1.14 bits per heavy atom. The van der Waals surface area contributed by atoms with Gasteiger partial charge in [0.05, 0.1) is 0 Å². The number of benzene rings is 1. The number of rotatable bonds is 5. The second-order valence-electron chi connectivity index (χ2n) is 6.65. The van der Waals surface area contributed by atoms with Crippen molar-refractivity contribution in [2.24, 2.45) is 11.8 Å². The molecule has 1 atom stereocenters. The summed E-state index contributed by atoms with van der Waals surface area (Å²) in [6, 6.07) is 4.82. The molecule has 1 aliphatic heterocycles. The second kappa shape index (κ2) is 6.78. The van der Waals surface area contributed by atoms with E-state index >= 15 is 0 Å². The number of nitrogens with one attached hydrogen (secondary N) is 1. The minimum absolute atomic E-state index is 0.161. The van der Waals surface area contributed by atoms with Crippen molar-refractivity contribution in [3.05, 3.63) is 29.6 Å².